The Morgan fingerprint density at radius 2 is 2.00 bits per heavy atom. The summed E-state index contributed by atoms with van der Waals surface area (Å²) in [4.78, 5) is 18.7. The lowest BCUT2D eigenvalue weighted by atomic mass is 10.2. The summed E-state index contributed by atoms with van der Waals surface area (Å²) in [7, 11) is 3.32. The number of amides is 1. The summed E-state index contributed by atoms with van der Waals surface area (Å²) in [6.07, 6.45) is 0.800. The van der Waals surface area contributed by atoms with Crippen LogP contribution in [0.4, 0.5) is 8.78 Å². The predicted molar refractivity (Wildman–Crippen MR) is 116 cm³/mol. The number of likely N-dealkylation sites (N-methyl/N-ethyl adjacent to an activating group) is 1. The number of halogens is 3. The van der Waals surface area contributed by atoms with Crippen molar-refractivity contribution >= 4 is 47.2 Å². The Bertz CT molecular complexity index is 754. The Hall–Kier alpha value is -1.75. The number of thiophene rings is 1. The van der Waals surface area contributed by atoms with Crippen LogP contribution >= 0.6 is 35.3 Å². The molecular formula is C18H23F2IN4OS. The first-order valence-corrected chi connectivity index (χ1v) is 9.02. The van der Waals surface area contributed by atoms with E-state index < -0.39 is 11.6 Å². The second-order valence-electron chi connectivity index (χ2n) is 5.80. The molecule has 2 N–H and O–H groups in total. The van der Waals surface area contributed by atoms with E-state index in [9.17, 15) is 13.6 Å². The molecule has 2 rings (SSSR count). The van der Waals surface area contributed by atoms with Crippen molar-refractivity contribution in [2.75, 3.05) is 27.2 Å². The molecule has 148 valence electrons. The number of hydrogen-bond donors (Lipinski definition) is 2. The molecule has 1 heterocycles. The summed E-state index contributed by atoms with van der Waals surface area (Å²) in [5.41, 5.74) is 0.156. The Balaban J connectivity index is 0.00000364. The van der Waals surface area contributed by atoms with Crippen molar-refractivity contribution in [2.24, 2.45) is 4.99 Å². The van der Waals surface area contributed by atoms with Crippen molar-refractivity contribution in [3.05, 3.63) is 57.8 Å². The van der Waals surface area contributed by atoms with Gasteiger partial charge < -0.3 is 15.5 Å². The third-order valence-electron chi connectivity index (χ3n) is 3.57. The number of benzene rings is 1. The van der Waals surface area contributed by atoms with Crippen molar-refractivity contribution in [1.29, 1.82) is 0 Å². The van der Waals surface area contributed by atoms with Gasteiger partial charge in [0, 0.05) is 31.1 Å². The maximum absolute atomic E-state index is 13.7. The highest BCUT2D eigenvalue weighted by atomic mass is 127. The lowest BCUT2D eigenvalue weighted by Crippen LogP contribution is -2.43. The number of guanidine groups is 1. The lowest BCUT2D eigenvalue weighted by molar-refractivity contribution is -0.127. The molecule has 0 atom stereocenters. The molecule has 0 unspecified atom stereocenters. The molecule has 1 aromatic carbocycles. The minimum atomic E-state index is -0.516. The van der Waals surface area contributed by atoms with Crippen molar-refractivity contribution in [3.8, 4) is 0 Å². The van der Waals surface area contributed by atoms with Gasteiger partial charge in [-0.15, -0.1) is 35.3 Å². The molecule has 0 saturated heterocycles. The second kappa shape index (κ2) is 11.9. The predicted octanol–water partition coefficient (Wildman–Crippen LogP) is 3.01. The van der Waals surface area contributed by atoms with E-state index in [1.54, 1.807) is 25.4 Å². The van der Waals surface area contributed by atoms with E-state index >= 15 is 0 Å². The Morgan fingerprint density at radius 3 is 2.67 bits per heavy atom. The number of aliphatic imine (C=N–C) groups is 1. The van der Waals surface area contributed by atoms with Crippen LogP contribution in [0.2, 0.25) is 0 Å². The molecule has 1 amide bonds. The third kappa shape index (κ3) is 8.21. The normalized spacial score (nSPS) is 10.9. The van der Waals surface area contributed by atoms with Gasteiger partial charge in [-0.25, -0.2) is 13.8 Å². The number of carbonyl (C=O) groups is 1. The molecule has 0 aliphatic heterocycles. The minimum absolute atomic E-state index is 0. The zero-order valence-corrected chi connectivity index (χ0v) is 18.3. The number of nitrogens with zero attached hydrogens (tertiary/aromatic N) is 2. The van der Waals surface area contributed by atoms with E-state index in [0.29, 0.717) is 12.5 Å². The molecule has 0 saturated carbocycles. The van der Waals surface area contributed by atoms with Crippen molar-refractivity contribution < 1.29 is 13.6 Å². The summed E-state index contributed by atoms with van der Waals surface area (Å²) in [6.45, 7) is 0.631. The molecule has 1 aromatic heterocycles. The maximum atomic E-state index is 13.7. The van der Waals surface area contributed by atoms with Gasteiger partial charge in [0.15, 0.2) is 5.96 Å². The molecule has 9 heteroatoms. The van der Waals surface area contributed by atoms with Crippen LogP contribution in [-0.2, 0) is 17.8 Å². The van der Waals surface area contributed by atoms with Gasteiger partial charge in [-0.2, -0.15) is 0 Å². The highest BCUT2D eigenvalue weighted by Crippen LogP contribution is 2.11. The van der Waals surface area contributed by atoms with Crippen LogP contribution in [0.5, 0.6) is 0 Å². The van der Waals surface area contributed by atoms with Crippen molar-refractivity contribution in [1.82, 2.24) is 15.5 Å². The molecule has 0 aliphatic carbocycles. The minimum Gasteiger partial charge on any atom is -0.356 e. The SMILES string of the molecule is CN(C)C(=O)CNC(=NCc1cc(F)ccc1F)NCCc1cccs1.I. The van der Waals surface area contributed by atoms with Crippen LogP contribution in [0.25, 0.3) is 0 Å². The zero-order chi connectivity index (χ0) is 18.9. The molecule has 0 aliphatic rings. The van der Waals surface area contributed by atoms with Gasteiger partial charge in [0.2, 0.25) is 5.91 Å². The standard InChI is InChI=1S/C18H22F2N4OS.HI/c1-24(2)17(25)12-23-18(21-8-7-15-4-3-9-26-15)22-11-13-10-14(19)5-6-16(13)20;/h3-6,9-10H,7-8,11-12H2,1-2H3,(H2,21,22,23);1H. The topological polar surface area (TPSA) is 56.7 Å². The molecule has 0 spiro atoms. The largest absolute Gasteiger partial charge is 0.356 e. The smallest absolute Gasteiger partial charge is 0.241 e. The Kier molecular flexibility index (Phi) is 10.2. The van der Waals surface area contributed by atoms with E-state index in [0.717, 1.165) is 24.6 Å². The number of rotatable bonds is 7. The summed E-state index contributed by atoms with van der Waals surface area (Å²) in [5.74, 6) is -0.771. The first kappa shape index (κ1) is 23.3. The summed E-state index contributed by atoms with van der Waals surface area (Å²) < 4.78 is 27.0. The molecule has 5 nitrogen and oxygen atoms in total. The first-order valence-electron chi connectivity index (χ1n) is 8.14. The molecule has 0 fully saturated rings. The van der Waals surface area contributed by atoms with E-state index in [1.165, 1.54) is 9.78 Å². The number of carbonyl (C=O) groups excluding carboxylic acids is 1. The van der Waals surface area contributed by atoms with Crippen molar-refractivity contribution in [2.45, 2.75) is 13.0 Å². The van der Waals surface area contributed by atoms with Gasteiger partial charge in [-0.1, -0.05) is 6.07 Å². The third-order valence-corrected chi connectivity index (χ3v) is 4.50. The number of nitrogens with one attached hydrogen (secondary N) is 2. The average molecular weight is 508 g/mol. The fourth-order valence-electron chi connectivity index (χ4n) is 2.08. The second-order valence-corrected chi connectivity index (χ2v) is 6.83. The van der Waals surface area contributed by atoms with Gasteiger partial charge in [0.25, 0.3) is 0 Å². The van der Waals surface area contributed by atoms with Gasteiger partial charge >= 0.3 is 0 Å². The molecule has 27 heavy (non-hydrogen) atoms. The summed E-state index contributed by atoms with van der Waals surface area (Å²) in [6, 6.07) is 7.28. The summed E-state index contributed by atoms with van der Waals surface area (Å²) >= 11 is 1.66. The molecular weight excluding hydrogens is 485 g/mol. The van der Waals surface area contributed by atoms with Gasteiger partial charge in [-0.3, -0.25) is 4.79 Å². The first-order chi connectivity index (χ1) is 12.5. The van der Waals surface area contributed by atoms with Gasteiger partial charge in [-0.05, 0) is 36.1 Å². The summed E-state index contributed by atoms with van der Waals surface area (Å²) in [5, 5.41) is 8.04. The van der Waals surface area contributed by atoms with Crippen LogP contribution in [0, 0.1) is 11.6 Å². The monoisotopic (exact) mass is 508 g/mol. The highest BCUT2D eigenvalue weighted by molar-refractivity contribution is 14.0. The molecule has 2 aromatic rings. The zero-order valence-electron chi connectivity index (χ0n) is 15.2. The maximum Gasteiger partial charge on any atom is 0.241 e. The fraction of sp³-hybridized carbons (Fsp3) is 0.333. The quantitative estimate of drug-likeness (QED) is 0.344. The van der Waals surface area contributed by atoms with Gasteiger partial charge in [0.1, 0.15) is 11.6 Å². The van der Waals surface area contributed by atoms with Crippen LogP contribution in [0.3, 0.4) is 0 Å². The fourth-order valence-corrected chi connectivity index (χ4v) is 2.79. The highest BCUT2D eigenvalue weighted by Gasteiger charge is 2.08. The van der Waals surface area contributed by atoms with E-state index in [2.05, 4.69) is 15.6 Å². The van der Waals surface area contributed by atoms with Crippen LogP contribution in [0.15, 0.2) is 40.7 Å². The number of hydrogen-bond acceptors (Lipinski definition) is 3. The van der Waals surface area contributed by atoms with E-state index in [1.807, 2.05) is 17.5 Å². The van der Waals surface area contributed by atoms with Crippen molar-refractivity contribution in [3.63, 3.8) is 0 Å². The van der Waals surface area contributed by atoms with E-state index in [4.69, 9.17) is 0 Å². The van der Waals surface area contributed by atoms with E-state index in [-0.39, 0.29) is 48.5 Å². The lowest BCUT2D eigenvalue weighted by Gasteiger charge is -2.15. The van der Waals surface area contributed by atoms with Gasteiger partial charge in [0.05, 0.1) is 13.1 Å². The average Bonchev–Trinajstić information content (AvgIpc) is 3.12. The molecule has 0 bridgehead atoms. The Morgan fingerprint density at radius 1 is 1.22 bits per heavy atom. The molecule has 0 radical (unpaired) electrons. The van der Waals surface area contributed by atoms with Crippen LogP contribution in [-0.4, -0.2) is 44.0 Å². The Labute approximate surface area is 178 Å². The van der Waals surface area contributed by atoms with Crippen LogP contribution < -0.4 is 10.6 Å². The van der Waals surface area contributed by atoms with Crippen LogP contribution in [0.1, 0.15) is 10.4 Å².